The Morgan fingerprint density at radius 1 is 1.24 bits per heavy atom. The molecule has 8 heteroatoms. The molecule has 0 bridgehead atoms. The van der Waals surface area contributed by atoms with E-state index in [0.717, 1.165) is 0 Å². The summed E-state index contributed by atoms with van der Waals surface area (Å²) >= 11 is 0. The van der Waals surface area contributed by atoms with Crippen molar-refractivity contribution in [1.82, 2.24) is 13.4 Å². The van der Waals surface area contributed by atoms with Crippen molar-refractivity contribution in [3.05, 3.63) is 28.7 Å². The van der Waals surface area contributed by atoms with Gasteiger partial charge in [0.2, 0.25) is 10.0 Å². The summed E-state index contributed by atoms with van der Waals surface area (Å²) in [5, 5.41) is 0. The van der Waals surface area contributed by atoms with Crippen molar-refractivity contribution in [3.8, 4) is 0 Å². The molecule has 1 heterocycles. The van der Waals surface area contributed by atoms with Crippen molar-refractivity contribution in [3.63, 3.8) is 0 Å². The molecule has 0 aliphatic rings. The average Bonchev–Trinajstić information content (AvgIpc) is 2.70. The van der Waals surface area contributed by atoms with Crippen molar-refractivity contribution >= 4 is 21.1 Å². The third-order valence-corrected chi connectivity index (χ3v) is 5.85. The first kappa shape index (κ1) is 15.7. The maximum absolute atomic E-state index is 12.6. The van der Waals surface area contributed by atoms with E-state index in [4.69, 9.17) is 5.73 Å². The van der Waals surface area contributed by atoms with Crippen LogP contribution in [0.15, 0.2) is 27.9 Å². The molecular formula is C13H20N4O3S. The molecule has 2 rings (SSSR count). The lowest BCUT2D eigenvalue weighted by molar-refractivity contribution is 0.394. The number of nitrogens with two attached hydrogens (primary N) is 1. The number of sulfonamides is 1. The fourth-order valence-electron chi connectivity index (χ4n) is 2.20. The van der Waals surface area contributed by atoms with Crippen molar-refractivity contribution in [1.29, 1.82) is 0 Å². The quantitative estimate of drug-likeness (QED) is 0.850. The van der Waals surface area contributed by atoms with Gasteiger partial charge in [-0.15, -0.1) is 0 Å². The second kappa shape index (κ2) is 5.28. The first-order valence-electron chi connectivity index (χ1n) is 6.55. The summed E-state index contributed by atoms with van der Waals surface area (Å²) in [5.41, 5.74) is 6.61. The van der Waals surface area contributed by atoms with E-state index in [-0.39, 0.29) is 23.2 Å². The molecule has 0 fully saturated rings. The number of imidazole rings is 1. The number of aryl methyl sites for hydroxylation is 2. The van der Waals surface area contributed by atoms with Gasteiger partial charge in [-0.3, -0.25) is 9.13 Å². The van der Waals surface area contributed by atoms with Gasteiger partial charge in [-0.2, -0.15) is 4.31 Å². The molecule has 2 aromatic rings. The Balaban J connectivity index is 2.63. The molecule has 0 saturated heterocycles. The lowest BCUT2D eigenvalue weighted by Gasteiger charge is -2.23. The van der Waals surface area contributed by atoms with Gasteiger partial charge in [-0.1, -0.05) is 0 Å². The molecule has 1 unspecified atom stereocenters. The first-order chi connectivity index (χ1) is 9.71. The molecule has 0 amide bonds. The minimum Gasteiger partial charge on any atom is -0.329 e. The molecule has 1 aromatic carbocycles. The van der Waals surface area contributed by atoms with E-state index in [1.54, 1.807) is 27.1 Å². The number of nitrogens with zero attached hydrogens (tertiary/aromatic N) is 3. The summed E-state index contributed by atoms with van der Waals surface area (Å²) in [4.78, 5) is 12.0. The normalized spacial score (nSPS) is 14.0. The largest absolute Gasteiger partial charge is 0.329 e. The Morgan fingerprint density at radius 2 is 1.81 bits per heavy atom. The maximum atomic E-state index is 12.6. The lowest BCUT2D eigenvalue weighted by Crippen LogP contribution is -2.39. The molecule has 0 aliphatic carbocycles. The fraction of sp³-hybridized carbons (Fsp3) is 0.462. The van der Waals surface area contributed by atoms with Crippen molar-refractivity contribution in [2.45, 2.75) is 17.9 Å². The van der Waals surface area contributed by atoms with E-state index in [1.807, 2.05) is 0 Å². The van der Waals surface area contributed by atoms with Gasteiger partial charge in [0.1, 0.15) is 0 Å². The standard InChI is InChI=1S/C13H20N4O3S/c1-9(8-14)17(4)21(19,20)10-5-6-11-12(7-10)16(3)13(18)15(11)2/h5-7,9H,8,14H2,1-4H3. The molecule has 0 saturated carbocycles. The van der Waals surface area contributed by atoms with Gasteiger partial charge in [0.25, 0.3) is 0 Å². The highest BCUT2D eigenvalue weighted by atomic mass is 32.2. The minimum absolute atomic E-state index is 0.152. The van der Waals surface area contributed by atoms with Crippen LogP contribution in [0.25, 0.3) is 11.0 Å². The number of hydrogen-bond donors (Lipinski definition) is 1. The lowest BCUT2D eigenvalue weighted by atomic mass is 10.3. The predicted octanol–water partition coefficient (Wildman–Crippen LogP) is -0.155. The number of likely N-dealkylation sites (N-methyl/N-ethyl adjacent to an activating group) is 1. The van der Waals surface area contributed by atoms with E-state index in [1.165, 1.54) is 32.6 Å². The molecule has 1 atom stereocenters. The van der Waals surface area contributed by atoms with E-state index in [0.29, 0.717) is 11.0 Å². The molecule has 0 aliphatic heterocycles. The van der Waals surface area contributed by atoms with Crippen LogP contribution in [0.4, 0.5) is 0 Å². The Kier molecular flexibility index (Phi) is 3.96. The molecule has 0 spiro atoms. The summed E-state index contributed by atoms with van der Waals surface area (Å²) in [6.07, 6.45) is 0. The number of fused-ring (bicyclic) bond motifs is 1. The third kappa shape index (κ3) is 2.39. The van der Waals surface area contributed by atoms with Crippen molar-refractivity contribution < 1.29 is 8.42 Å². The van der Waals surface area contributed by atoms with Gasteiger partial charge in [0.15, 0.2) is 0 Å². The van der Waals surface area contributed by atoms with Crippen LogP contribution in [-0.2, 0) is 24.1 Å². The number of hydrogen-bond acceptors (Lipinski definition) is 4. The van der Waals surface area contributed by atoms with E-state index in [2.05, 4.69) is 0 Å². The van der Waals surface area contributed by atoms with Gasteiger partial charge >= 0.3 is 5.69 Å². The highest BCUT2D eigenvalue weighted by Crippen LogP contribution is 2.21. The predicted molar refractivity (Wildman–Crippen MR) is 81.6 cm³/mol. The Morgan fingerprint density at radius 3 is 2.38 bits per heavy atom. The van der Waals surface area contributed by atoms with Gasteiger partial charge < -0.3 is 5.73 Å². The maximum Gasteiger partial charge on any atom is 0.328 e. The topological polar surface area (TPSA) is 90.3 Å². The van der Waals surface area contributed by atoms with E-state index >= 15 is 0 Å². The molecule has 0 radical (unpaired) electrons. The monoisotopic (exact) mass is 312 g/mol. The van der Waals surface area contributed by atoms with E-state index in [9.17, 15) is 13.2 Å². The summed E-state index contributed by atoms with van der Waals surface area (Å²) in [7, 11) is 1.14. The summed E-state index contributed by atoms with van der Waals surface area (Å²) in [6, 6.07) is 4.37. The molecule has 1 aromatic heterocycles. The van der Waals surface area contributed by atoms with Gasteiger partial charge in [-0.05, 0) is 25.1 Å². The average molecular weight is 312 g/mol. The molecule has 116 valence electrons. The number of benzene rings is 1. The zero-order chi connectivity index (χ0) is 15.9. The third-order valence-electron chi connectivity index (χ3n) is 3.88. The fourth-order valence-corrected chi connectivity index (χ4v) is 3.59. The van der Waals surface area contributed by atoms with Crippen LogP contribution in [0.3, 0.4) is 0 Å². The van der Waals surface area contributed by atoms with Gasteiger partial charge in [0.05, 0.1) is 15.9 Å². The van der Waals surface area contributed by atoms with Crippen LogP contribution < -0.4 is 11.4 Å². The Bertz CT molecular complexity index is 835. The Labute approximate surface area is 123 Å². The van der Waals surface area contributed by atoms with Crippen LogP contribution >= 0.6 is 0 Å². The van der Waals surface area contributed by atoms with Crippen LogP contribution in [0.2, 0.25) is 0 Å². The van der Waals surface area contributed by atoms with E-state index < -0.39 is 10.0 Å². The zero-order valence-electron chi connectivity index (χ0n) is 12.6. The van der Waals surface area contributed by atoms with Gasteiger partial charge in [-0.25, -0.2) is 13.2 Å². The Hall–Kier alpha value is -1.64. The van der Waals surface area contributed by atoms with Crippen molar-refractivity contribution in [2.75, 3.05) is 13.6 Å². The molecule has 21 heavy (non-hydrogen) atoms. The molecule has 2 N–H and O–H groups in total. The summed E-state index contributed by atoms with van der Waals surface area (Å²) in [5.74, 6) is 0. The smallest absolute Gasteiger partial charge is 0.328 e. The minimum atomic E-state index is -3.63. The van der Waals surface area contributed by atoms with Crippen LogP contribution in [-0.4, -0.2) is 41.5 Å². The number of aromatic nitrogens is 2. The summed E-state index contributed by atoms with van der Waals surface area (Å²) < 4.78 is 29.3. The molecule has 7 nitrogen and oxygen atoms in total. The van der Waals surface area contributed by atoms with Crippen molar-refractivity contribution in [2.24, 2.45) is 19.8 Å². The second-order valence-corrected chi connectivity index (χ2v) is 7.15. The number of rotatable bonds is 4. The first-order valence-corrected chi connectivity index (χ1v) is 7.99. The van der Waals surface area contributed by atoms with Crippen LogP contribution in [0.1, 0.15) is 6.92 Å². The zero-order valence-corrected chi connectivity index (χ0v) is 13.4. The van der Waals surface area contributed by atoms with Crippen LogP contribution in [0, 0.1) is 0 Å². The van der Waals surface area contributed by atoms with Crippen LogP contribution in [0.5, 0.6) is 0 Å². The second-order valence-electron chi connectivity index (χ2n) is 5.16. The summed E-state index contributed by atoms with van der Waals surface area (Å²) in [6.45, 7) is 1.98. The molecular weight excluding hydrogens is 292 g/mol. The highest BCUT2D eigenvalue weighted by Gasteiger charge is 2.25. The SMILES string of the molecule is CC(CN)N(C)S(=O)(=O)c1ccc2c(c1)n(C)c(=O)n2C. The van der Waals surface area contributed by atoms with Gasteiger partial charge in [0, 0.05) is 33.7 Å². The highest BCUT2D eigenvalue weighted by molar-refractivity contribution is 7.89.